The Balaban J connectivity index is 2.05. The lowest BCUT2D eigenvalue weighted by atomic mass is 10.0. The fourth-order valence-electron chi connectivity index (χ4n) is 2.33. The largest absolute Gasteiger partial charge is 0.338 e. The fraction of sp³-hybridized carbons (Fsp3) is 0.400. The van der Waals surface area contributed by atoms with Crippen molar-refractivity contribution < 1.29 is 4.79 Å². The van der Waals surface area contributed by atoms with E-state index in [0.717, 1.165) is 30.6 Å². The lowest BCUT2D eigenvalue weighted by Gasteiger charge is -2.26. The summed E-state index contributed by atoms with van der Waals surface area (Å²) < 4.78 is 0. The molecule has 1 aliphatic heterocycles. The van der Waals surface area contributed by atoms with Crippen LogP contribution in [0.15, 0.2) is 35.9 Å². The number of nitrogens with zero attached hydrogens (tertiary/aromatic N) is 1. The van der Waals surface area contributed by atoms with E-state index < -0.39 is 0 Å². The SMILES string of the molecule is CC1=CCCN(C(=O)Cc2ccccc2CN)C1. The quantitative estimate of drug-likeness (QED) is 0.825. The summed E-state index contributed by atoms with van der Waals surface area (Å²) in [6.07, 6.45) is 3.63. The van der Waals surface area contributed by atoms with Gasteiger partial charge in [-0.25, -0.2) is 0 Å². The molecule has 0 unspecified atom stereocenters. The molecule has 2 rings (SSSR count). The van der Waals surface area contributed by atoms with Crippen LogP contribution in [0, 0.1) is 0 Å². The molecule has 3 nitrogen and oxygen atoms in total. The molecule has 0 fully saturated rings. The highest BCUT2D eigenvalue weighted by Crippen LogP contribution is 2.13. The van der Waals surface area contributed by atoms with Gasteiger partial charge in [0.15, 0.2) is 0 Å². The Bertz CT molecular complexity index is 465. The van der Waals surface area contributed by atoms with Gasteiger partial charge >= 0.3 is 0 Å². The van der Waals surface area contributed by atoms with Crippen LogP contribution in [0.4, 0.5) is 0 Å². The number of nitrogens with two attached hydrogens (primary N) is 1. The Kier molecular flexibility index (Phi) is 4.15. The molecule has 0 saturated heterocycles. The number of hydrogen-bond donors (Lipinski definition) is 1. The molecule has 18 heavy (non-hydrogen) atoms. The molecule has 1 aromatic rings. The maximum atomic E-state index is 12.2. The van der Waals surface area contributed by atoms with E-state index >= 15 is 0 Å². The van der Waals surface area contributed by atoms with Crippen LogP contribution in [-0.2, 0) is 17.8 Å². The van der Waals surface area contributed by atoms with Gasteiger partial charge in [0, 0.05) is 19.6 Å². The van der Waals surface area contributed by atoms with Crippen LogP contribution in [-0.4, -0.2) is 23.9 Å². The van der Waals surface area contributed by atoms with Crippen LogP contribution in [0.5, 0.6) is 0 Å². The zero-order chi connectivity index (χ0) is 13.0. The van der Waals surface area contributed by atoms with E-state index in [-0.39, 0.29) is 5.91 Å². The number of benzene rings is 1. The summed E-state index contributed by atoms with van der Waals surface area (Å²) in [6, 6.07) is 7.91. The highest BCUT2D eigenvalue weighted by Gasteiger charge is 2.17. The molecule has 1 aliphatic rings. The Morgan fingerprint density at radius 1 is 1.33 bits per heavy atom. The van der Waals surface area contributed by atoms with E-state index in [1.54, 1.807) is 0 Å². The zero-order valence-electron chi connectivity index (χ0n) is 10.9. The van der Waals surface area contributed by atoms with E-state index in [4.69, 9.17) is 5.73 Å². The third-order valence-corrected chi connectivity index (χ3v) is 3.36. The lowest BCUT2D eigenvalue weighted by Crippen LogP contribution is -2.36. The molecule has 0 spiro atoms. The molecule has 0 saturated carbocycles. The van der Waals surface area contributed by atoms with Gasteiger partial charge in [0.2, 0.25) is 5.91 Å². The first kappa shape index (κ1) is 12.8. The summed E-state index contributed by atoms with van der Waals surface area (Å²) in [5.41, 5.74) is 9.09. The van der Waals surface area contributed by atoms with E-state index in [0.29, 0.717) is 13.0 Å². The zero-order valence-corrected chi connectivity index (χ0v) is 10.9. The van der Waals surface area contributed by atoms with Gasteiger partial charge < -0.3 is 10.6 Å². The highest BCUT2D eigenvalue weighted by atomic mass is 16.2. The smallest absolute Gasteiger partial charge is 0.227 e. The summed E-state index contributed by atoms with van der Waals surface area (Å²) in [5.74, 6) is 0.198. The molecule has 0 bridgehead atoms. The van der Waals surface area contributed by atoms with E-state index in [1.807, 2.05) is 29.2 Å². The lowest BCUT2D eigenvalue weighted by molar-refractivity contribution is -0.130. The van der Waals surface area contributed by atoms with Crippen molar-refractivity contribution in [2.45, 2.75) is 26.3 Å². The van der Waals surface area contributed by atoms with Crippen molar-refractivity contribution in [2.75, 3.05) is 13.1 Å². The number of hydrogen-bond acceptors (Lipinski definition) is 2. The van der Waals surface area contributed by atoms with Crippen molar-refractivity contribution in [2.24, 2.45) is 5.73 Å². The minimum Gasteiger partial charge on any atom is -0.338 e. The van der Waals surface area contributed by atoms with Crippen molar-refractivity contribution in [3.05, 3.63) is 47.0 Å². The molecular weight excluding hydrogens is 224 g/mol. The van der Waals surface area contributed by atoms with Gasteiger partial charge in [-0.05, 0) is 24.5 Å². The first-order valence-electron chi connectivity index (χ1n) is 6.41. The maximum Gasteiger partial charge on any atom is 0.227 e. The van der Waals surface area contributed by atoms with E-state index in [9.17, 15) is 4.79 Å². The Morgan fingerprint density at radius 3 is 2.72 bits per heavy atom. The van der Waals surface area contributed by atoms with Gasteiger partial charge in [-0.15, -0.1) is 0 Å². The molecule has 0 aliphatic carbocycles. The predicted octanol–water partition coefficient (Wildman–Crippen LogP) is 1.87. The highest BCUT2D eigenvalue weighted by molar-refractivity contribution is 5.79. The number of rotatable bonds is 3. The van der Waals surface area contributed by atoms with Crippen molar-refractivity contribution in [1.29, 1.82) is 0 Å². The Morgan fingerprint density at radius 2 is 2.06 bits per heavy atom. The molecule has 1 heterocycles. The molecule has 0 aromatic heterocycles. The maximum absolute atomic E-state index is 12.2. The molecule has 0 atom stereocenters. The molecule has 96 valence electrons. The molecule has 1 amide bonds. The normalized spacial score (nSPS) is 15.4. The summed E-state index contributed by atoms with van der Waals surface area (Å²) in [6.45, 7) is 4.17. The molecule has 3 heteroatoms. The summed E-state index contributed by atoms with van der Waals surface area (Å²) in [5, 5.41) is 0. The second-order valence-electron chi connectivity index (χ2n) is 4.80. The van der Waals surface area contributed by atoms with Crippen molar-refractivity contribution >= 4 is 5.91 Å². The minimum atomic E-state index is 0.198. The van der Waals surface area contributed by atoms with Crippen LogP contribution in [0.25, 0.3) is 0 Å². The van der Waals surface area contributed by atoms with Crippen molar-refractivity contribution in [1.82, 2.24) is 4.90 Å². The Hall–Kier alpha value is -1.61. The van der Waals surface area contributed by atoms with Crippen LogP contribution < -0.4 is 5.73 Å². The standard InChI is InChI=1S/C15H20N2O/c1-12-5-4-8-17(11-12)15(18)9-13-6-2-3-7-14(13)10-16/h2-3,5-7H,4,8-11,16H2,1H3. The van der Waals surface area contributed by atoms with Crippen LogP contribution in [0.3, 0.4) is 0 Å². The third-order valence-electron chi connectivity index (χ3n) is 3.36. The monoisotopic (exact) mass is 244 g/mol. The van der Waals surface area contributed by atoms with Gasteiger partial charge in [-0.2, -0.15) is 0 Å². The predicted molar refractivity (Wildman–Crippen MR) is 73.0 cm³/mol. The summed E-state index contributed by atoms with van der Waals surface area (Å²) >= 11 is 0. The van der Waals surface area contributed by atoms with Gasteiger partial charge in [-0.1, -0.05) is 35.9 Å². The van der Waals surface area contributed by atoms with E-state index in [2.05, 4.69) is 13.0 Å². The van der Waals surface area contributed by atoms with Crippen LogP contribution in [0.1, 0.15) is 24.5 Å². The minimum absolute atomic E-state index is 0.198. The first-order valence-corrected chi connectivity index (χ1v) is 6.41. The van der Waals surface area contributed by atoms with E-state index in [1.165, 1.54) is 5.57 Å². The first-order chi connectivity index (χ1) is 8.70. The summed E-state index contributed by atoms with van der Waals surface area (Å²) in [4.78, 5) is 14.2. The number of carbonyl (C=O) groups is 1. The van der Waals surface area contributed by atoms with Crippen molar-refractivity contribution in [3.8, 4) is 0 Å². The Labute approximate surface area is 108 Å². The topological polar surface area (TPSA) is 46.3 Å². The van der Waals surface area contributed by atoms with Gasteiger partial charge in [0.25, 0.3) is 0 Å². The van der Waals surface area contributed by atoms with Crippen LogP contribution in [0.2, 0.25) is 0 Å². The van der Waals surface area contributed by atoms with Gasteiger partial charge in [-0.3, -0.25) is 4.79 Å². The fourth-order valence-corrected chi connectivity index (χ4v) is 2.33. The average Bonchev–Trinajstić information content (AvgIpc) is 2.39. The van der Waals surface area contributed by atoms with Gasteiger partial charge in [0.05, 0.1) is 6.42 Å². The van der Waals surface area contributed by atoms with Crippen molar-refractivity contribution in [3.63, 3.8) is 0 Å². The van der Waals surface area contributed by atoms with Gasteiger partial charge in [0.1, 0.15) is 0 Å². The molecule has 1 aromatic carbocycles. The summed E-state index contributed by atoms with van der Waals surface area (Å²) in [7, 11) is 0. The number of amides is 1. The molecular formula is C15H20N2O. The number of carbonyl (C=O) groups excluding carboxylic acids is 1. The van der Waals surface area contributed by atoms with Crippen LogP contribution >= 0.6 is 0 Å². The second-order valence-corrected chi connectivity index (χ2v) is 4.80. The second kappa shape index (κ2) is 5.83. The third kappa shape index (κ3) is 2.99. The molecule has 0 radical (unpaired) electrons. The average molecular weight is 244 g/mol. The molecule has 2 N–H and O–H groups in total.